The SMILES string of the molecule is N[C@@H](Cc1ccccc1F)C(=O)N1CCC(O)CC1. The van der Waals surface area contributed by atoms with Crippen molar-refractivity contribution in [3.05, 3.63) is 35.6 Å². The molecule has 1 amide bonds. The van der Waals surface area contributed by atoms with E-state index in [2.05, 4.69) is 0 Å². The molecule has 19 heavy (non-hydrogen) atoms. The van der Waals surface area contributed by atoms with Gasteiger partial charge in [-0.05, 0) is 30.9 Å². The van der Waals surface area contributed by atoms with Gasteiger partial charge >= 0.3 is 0 Å². The van der Waals surface area contributed by atoms with Gasteiger partial charge in [-0.15, -0.1) is 0 Å². The Kier molecular flexibility index (Phi) is 4.50. The summed E-state index contributed by atoms with van der Waals surface area (Å²) in [5, 5.41) is 9.40. The molecule has 0 unspecified atom stereocenters. The standard InChI is InChI=1S/C14H19FN2O2/c15-12-4-2-1-3-10(12)9-13(16)14(19)17-7-5-11(18)6-8-17/h1-4,11,13,18H,5-9,16H2/t13-/m0/s1. The lowest BCUT2D eigenvalue weighted by molar-refractivity contribution is -0.134. The minimum Gasteiger partial charge on any atom is -0.393 e. The molecule has 1 heterocycles. The number of aliphatic hydroxyl groups excluding tert-OH is 1. The normalized spacial score (nSPS) is 18.4. The third kappa shape index (κ3) is 3.52. The van der Waals surface area contributed by atoms with Crippen LogP contribution < -0.4 is 5.73 Å². The summed E-state index contributed by atoms with van der Waals surface area (Å²) < 4.78 is 13.5. The van der Waals surface area contributed by atoms with Crippen LogP contribution in [0, 0.1) is 5.82 Å². The Morgan fingerprint density at radius 3 is 2.68 bits per heavy atom. The molecule has 3 N–H and O–H groups in total. The smallest absolute Gasteiger partial charge is 0.239 e. The van der Waals surface area contributed by atoms with Gasteiger partial charge in [-0.25, -0.2) is 4.39 Å². The highest BCUT2D eigenvalue weighted by atomic mass is 19.1. The number of nitrogens with two attached hydrogens (primary N) is 1. The van der Waals surface area contributed by atoms with E-state index in [4.69, 9.17) is 5.73 Å². The van der Waals surface area contributed by atoms with Crippen LogP contribution in [0.25, 0.3) is 0 Å². The number of likely N-dealkylation sites (tertiary alicyclic amines) is 1. The maximum absolute atomic E-state index is 13.5. The Balaban J connectivity index is 1.94. The monoisotopic (exact) mass is 266 g/mol. The summed E-state index contributed by atoms with van der Waals surface area (Å²) in [6.45, 7) is 1.04. The Morgan fingerprint density at radius 2 is 2.05 bits per heavy atom. The number of hydrogen-bond acceptors (Lipinski definition) is 3. The Bertz CT molecular complexity index is 445. The number of carbonyl (C=O) groups excluding carboxylic acids is 1. The van der Waals surface area contributed by atoms with Crippen LogP contribution in [0.4, 0.5) is 4.39 Å². The summed E-state index contributed by atoms with van der Waals surface area (Å²) in [7, 11) is 0. The highest BCUT2D eigenvalue weighted by Gasteiger charge is 2.25. The van der Waals surface area contributed by atoms with Crippen LogP contribution in [0.2, 0.25) is 0 Å². The lowest BCUT2D eigenvalue weighted by Crippen LogP contribution is -2.48. The van der Waals surface area contributed by atoms with E-state index >= 15 is 0 Å². The predicted octanol–water partition coefficient (Wildman–Crippen LogP) is 0.679. The topological polar surface area (TPSA) is 66.6 Å². The molecule has 1 aromatic rings. The molecule has 1 aliphatic heterocycles. The van der Waals surface area contributed by atoms with E-state index in [0.29, 0.717) is 31.5 Å². The highest BCUT2D eigenvalue weighted by molar-refractivity contribution is 5.82. The van der Waals surface area contributed by atoms with Crippen LogP contribution in [-0.4, -0.2) is 41.1 Å². The molecule has 0 radical (unpaired) electrons. The fourth-order valence-electron chi connectivity index (χ4n) is 2.31. The second-order valence-electron chi connectivity index (χ2n) is 4.96. The summed E-state index contributed by atoms with van der Waals surface area (Å²) in [4.78, 5) is 13.8. The first-order chi connectivity index (χ1) is 9.08. The number of piperidine rings is 1. The van der Waals surface area contributed by atoms with Crippen molar-refractivity contribution in [3.63, 3.8) is 0 Å². The average Bonchev–Trinajstić information content (AvgIpc) is 2.41. The molecular formula is C14H19FN2O2. The Morgan fingerprint density at radius 1 is 1.42 bits per heavy atom. The second-order valence-corrected chi connectivity index (χ2v) is 4.96. The van der Waals surface area contributed by atoms with E-state index in [0.717, 1.165) is 0 Å². The quantitative estimate of drug-likeness (QED) is 0.845. The van der Waals surface area contributed by atoms with Gasteiger partial charge in [0.25, 0.3) is 0 Å². The zero-order chi connectivity index (χ0) is 13.8. The molecule has 1 aliphatic rings. The number of amides is 1. The maximum atomic E-state index is 13.5. The van der Waals surface area contributed by atoms with Gasteiger partial charge in [0, 0.05) is 13.1 Å². The van der Waals surface area contributed by atoms with Crippen molar-refractivity contribution in [1.82, 2.24) is 4.90 Å². The number of halogens is 1. The van der Waals surface area contributed by atoms with E-state index in [1.54, 1.807) is 23.1 Å². The van der Waals surface area contributed by atoms with Crippen molar-refractivity contribution in [2.45, 2.75) is 31.4 Å². The van der Waals surface area contributed by atoms with Gasteiger partial charge in [-0.1, -0.05) is 18.2 Å². The Labute approximate surface area is 112 Å². The highest BCUT2D eigenvalue weighted by Crippen LogP contribution is 2.13. The summed E-state index contributed by atoms with van der Waals surface area (Å²) in [5.41, 5.74) is 6.32. The molecule has 5 heteroatoms. The third-order valence-electron chi connectivity index (χ3n) is 3.49. The van der Waals surface area contributed by atoms with Gasteiger partial charge in [-0.2, -0.15) is 0 Å². The number of benzene rings is 1. The predicted molar refractivity (Wildman–Crippen MR) is 69.9 cm³/mol. The first-order valence-corrected chi connectivity index (χ1v) is 6.54. The van der Waals surface area contributed by atoms with Gasteiger partial charge in [0.15, 0.2) is 0 Å². The van der Waals surface area contributed by atoms with Crippen LogP contribution in [0.1, 0.15) is 18.4 Å². The molecule has 1 aromatic carbocycles. The molecule has 0 bridgehead atoms. The van der Waals surface area contributed by atoms with Crippen molar-refractivity contribution in [2.24, 2.45) is 5.73 Å². The van der Waals surface area contributed by atoms with E-state index in [1.165, 1.54) is 6.07 Å². The molecule has 0 saturated carbocycles. The molecule has 0 spiro atoms. The first-order valence-electron chi connectivity index (χ1n) is 6.54. The van der Waals surface area contributed by atoms with Gasteiger partial charge in [0.05, 0.1) is 12.1 Å². The van der Waals surface area contributed by atoms with Crippen LogP contribution in [0.5, 0.6) is 0 Å². The summed E-state index contributed by atoms with van der Waals surface area (Å²) in [6, 6.07) is 5.62. The van der Waals surface area contributed by atoms with Crippen molar-refractivity contribution < 1.29 is 14.3 Å². The van der Waals surface area contributed by atoms with Gasteiger partial charge in [0.1, 0.15) is 5.82 Å². The van der Waals surface area contributed by atoms with Crippen molar-refractivity contribution in [2.75, 3.05) is 13.1 Å². The molecule has 0 aromatic heterocycles. The average molecular weight is 266 g/mol. The number of nitrogens with zero attached hydrogens (tertiary/aromatic N) is 1. The zero-order valence-corrected chi connectivity index (χ0v) is 10.8. The van der Waals surface area contributed by atoms with Crippen molar-refractivity contribution >= 4 is 5.91 Å². The third-order valence-corrected chi connectivity index (χ3v) is 3.49. The maximum Gasteiger partial charge on any atom is 0.239 e. The van der Waals surface area contributed by atoms with Crippen molar-refractivity contribution in [3.8, 4) is 0 Å². The van der Waals surface area contributed by atoms with Crippen LogP contribution in [-0.2, 0) is 11.2 Å². The lowest BCUT2D eigenvalue weighted by Gasteiger charge is -2.31. The van der Waals surface area contributed by atoms with Gasteiger partial charge < -0.3 is 15.7 Å². The fourth-order valence-corrected chi connectivity index (χ4v) is 2.31. The lowest BCUT2D eigenvalue weighted by atomic mass is 10.0. The molecular weight excluding hydrogens is 247 g/mol. The summed E-state index contributed by atoms with van der Waals surface area (Å²) in [6.07, 6.45) is 1.03. The minimum atomic E-state index is -0.729. The molecule has 1 saturated heterocycles. The van der Waals surface area contributed by atoms with Crippen LogP contribution in [0.3, 0.4) is 0 Å². The second kappa shape index (κ2) is 6.12. The van der Waals surface area contributed by atoms with Gasteiger partial charge in [0.2, 0.25) is 5.91 Å². The van der Waals surface area contributed by atoms with E-state index in [-0.39, 0.29) is 24.2 Å². The van der Waals surface area contributed by atoms with E-state index in [9.17, 15) is 14.3 Å². The Hall–Kier alpha value is -1.46. The van der Waals surface area contributed by atoms with Crippen LogP contribution in [0.15, 0.2) is 24.3 Å². The number of rotatable bonds is 3. The molecule has 2 rings (SSSR count). The molecule has 4 nitrogen and oxygen atoms in total. The first kappa shape index (κ1) is 14.0. The van der Waals surface area contributed by atoms with Crippen molar-refractivity contribution in [1.29, 1.82) is 0 Å². The molecule has 104 valence electrons. The fraction of sp³-hybridized carbons (Fsp3) is 0.500. The number of hydrogen-bond donors (Lipinski definition) is 2. The van der Waals surface area contributed by atoms with E-state index < -0.39 is 6.04 Å². The minimum absolute atomic E-state index is 0.171. The largest absolute Gasteiger partial charge is 0.393 e. The molecule has 1 fully saturated rings. The molecule has 1 atom stereocenters. The molecule has 0 aliphatic carbocycles. The van der Waals surface area contributed by atoms with Crippen LogP contribution >= 0.6 is 0 Å². The van der Waals surface area contributed by atoms with Gasteiger partial charge in [-0.3, -0.25) is 4.79 Å². The summed E-state index contributed by atoms with van der Waals surface area (Å²) in [5.74, 6) is -0.505. The van der Waals surface area contributed by atoms with E-state index in [1.807, 2.05) is 0 Å². The summed E-state index contributed by atoms with van der Waals surface area (Å²) >= 11 is 0. The number of carbonyl (C=O) groups is 1. The zero-order valence-electron chi connectivity index (χ0n) is 10.8. The number of aliphatic hydroxyl groups is 1.